The molecule has 2 rings (SSSR count). The number of carbonyl (C=O) groups is 1. The number of hydrogen-bond donors (Lipinski definition) is 1. The molecule has 1 heterocycles. The number of amides is 1. The molecule has 1 aromatic heterocycles. The molecule has 1 amide bonds. The first-order valence-corrected chi connectivity index (χ1v) is 7.49. The summed E-state index contributed by atoms with van der Waals surface area (Å²) in [6.07, 6.45) is 0.990. The Bertz CT molecular complexity index is 566. The van der Waals surface area contributed by atoms with Crippen molar-refractivity contribution in [2.24, 2.45) is 0 Å². The predicted octanol–water partition coefficient (Wildman–Crippen LogP) is 1.99. The van der Waals surface area contributed by atoms with Crippen molar-refractivity contribution in [3.05, 3.63) is 29.8 Å². The second-order valence-corrected chi connectivity index (χ2v) is 5.11. The Hall–Kier alpha value is -1.89. The monoisotopic (exact) mass is 291 g/mol. The molecule has 1 aromatic carbocycles. The van der Waals surface area contributed by atoms with Gasteiger partial charge in [0.1, 0.15) is 0 Å². The van der Waals surface area contributed by atoms with Gasteiger partial charge in [-0.15, -0.1) is 5.10 Å². The molecule has 0 atom stereocenters. The number of aromatic nitrogens is 4. The lowest BCUT2D eigenvalue weighted by Gasteiger charge is -2.05. The average Bonchev–Trinajstić information content (AvgIpc) is 2.93. The van der Waals surface area contributed by atoms with Gasteiger partial charge in [-0.3, -0.25) is 4.79 Å². The molecule has 0 spiro atoms. The Labute approximate surface area is 121 Å². The van der Waals surface area contributed by atoms with Crippen LogP contribution < -0.4 is 5.32 Å². The molecule has 0 aliphatic carbocycles. The molecule has 0 saturated heterocycles. The van der Waals surface area contributed by atoms with Gasteiger partial charge in [-0.25, -0.2) is 4.68 Å². The van der Waals surface area contributed by atoms with Crippen LogP contribution in [-0.2, 0) is 17.8 Å². The highest BCUT2D eigenvalue weighted by Gasteiger charge is 2.09. The van der Waals surface area contributed by atoms with E-state index in [1.807, 2.05) is 31.2 Å². The summed E-state index contributed by atoms with van der Waals surface area (Å²) in [5.74, 6) is 0.223. The van der Waals surface area contributed by atoms with E-state index in [2.05, 4.69) is 27.8 Å². The summed E-state index contributed by atoms with van der Waals surface area (Å²) in [6, 6.07) is 7.86. The standard InChI is InChI=1S/C13H17N5OS/c1-3-10-5-7-11(8-6-10)14-12(19)9-20-13-15-16-17-18(13)4-2/h5-8H,3-4,9H2,1-2H3,(H,14,19). The van der Waals surface area contributed by atoms with Gasteiger partial charge in [0.2, 0.25) is 11.1 Å². The molecular weight excluding hydrogens is 274 g/mol. The smallest absolute Gasteiger partial charge is 0.234 e. The van der Waals surface area contributed by atoms with Crippen molar-refractivity contribution < 1.29 is 4.79 Å². The molecule has 0 unspecified atom stereocenters. The van der Waals surface area contributed by atoms with E-state index in [4.69, 9.17) is 0 Å². The minimum absolute atomic E-state index is 0.0649. The van der Waals surface area contributed by atoms with Crippen LogP contribution in [0, 0.1) is 0 Å². The number of thioether (sulfide) groups is 1. The number of nitrogens with zero attached hydrogens (tertiary/aromatic N) is 4. The molecule has 1 N–H and O–H groups in total. The van der Waals surface area contributed by atoms with Crippen LogP contribution in [-0.4, -0.2) is 31.9 Å². The third kappa shape index (κ3) is 3.80. The lowest BCUT2D eigenvalue weighted by Crippen LogP contribution is -2.14. The van der Waals surface area contributed by atoms with Crippen LogP contribution in [0.4, 0.5) is 5.69 Å². The molecule has 106 valence electrons. The van der Waals surface area contributed by atoms with E-state index >= 15 is 0 Å². The molecule has 6 nitrogen and oxygen atoms in total. The number of tetrazole rings is 1. The maximum Gasteiger partial charge on any atom is 0.234 e. The molecule has 0 radical (unpaired) electrons. The zero-order chi connectivity index (χ0) is 14.4. The maximum atomic E-state index is 11.9. The first kappa shape index (κ1) is 14.5. The highest BCUT2D eigenvalue weighted by molar-refractivity contribution is 7.99. The first-order valence-electron chi connectivity index (χ1n) is 6.50. The van der Waals surface area contributed by atoms with Crippen molar-refractivity contribution in [3.63, 3.8) is 0 Å². The summed E-state index contributed by atoms with van der Waals surface area (Å²) in [7, 11) is 0. The van der Waals surface area contributed by atoms with Gasteiger partial charge in [0.05, 0.1) is 5.75 Å². The predicted molar refractivity (Wildman–Crippen MR) is 78.7 cm³/mol. The van der Waals surface area contributed by atoms with Gasteiger partial charge in [-0.1, -0.05) is 30.8 Å². The molecule has 0 aliphatic heterocycles. The van der Waals surface area contributed by atoms with Gasteiger partial charge in [0, 0.05) is 12.2 Å². The Balaban J connectivity index is 1.86. The van der Waals surface area contributed by atoms with E-state index < -0.39 is 0 Å². The Morgan fingerprint density at radius 3 is 2.70 bits per heavy atom. The van der Waals surface area contributed by atoms with Crippen molar-refractivity contribution in [3.8, 4) is 0 Å². The maximum absolute atomic E-state index is 11.9. The lowest BCUT2D eigenvalue weighted by atomic mass is 10.1. The van der Waals surface area contributed by atoms with Crippen LogP contribution in [0.15, 0.2) is 29.4 Å². The fourth-order valence-corrected chi connectivity index (χ4v) is 2.39. The van der Waals surface area contributed by atoms with Crippen LogP contribution >= 0.6 is 11.8 Å². The Morgan fingerprint density at radius 2 is 2.05 bits per heavy atom. The van der Waals surface area contributed by atoms with Crippen molar-refractivity contribution in [1.82, 2.24) is 20.2 Å². The van der Waals surface area contributed by atoms with E-state index in [-0.39, 0.29) is 11.7 Å². The second kappa shape index (κ2) is 7.04. The van der Waals surface area contributed by atoms with E-state index in [1.54, 1.807) is 4.68 Å². The third-order valence-electron chi connectivity index (χ3n) is 2.78. The van der Waals surface area contributed by atoms with Gasteiger partial charge in [0.25, 0.3) is 0 Å². The van der Waals surface area contributed by atoms with E-state index in [0.29, 0.717) is 11.7 Å². The SMILES string of the molecule is CCc1ccc(NC(=O)CSc2nnnn2CC)cc1. The van der Waals surface area contributed by atoms with Crippen molar-refractivity contribution >= 4 is 23.4 Å². The van der Waals surface area contributed by atoms with Crippen LogP contribution in [0.25, 0.3) is 0 Å². The fraction of sp³-hybridized carbons (Fsp3) is 0.385. The van der Waals surface area contributed by atoms with Crippen LogP contribution in [0.2, 0.25) is 0 Å². The largest absolute Gasteiger partial charge is 0.325 e. The van der Waals surface area contributed by atoms with Gasteiger partial charge in [0.15, 0.2) is 0 Å². The zero-order valence-corrected chi connectivity index (χ0v) is 12.4. The molecule has 0 fully saturated rings. The van der Waals surface area contributed by atoms with Gasteiger partial charge >= 0.3 is 0 Å². The quantitative estimate of drug-likeness (QED) is 0.824. The molecule has 20 heavy (non-hydrogen) atoms. The van der Waals surface area contributed by atoms with Gasteiger partial charge < -0.3 is 5.32 Å². The van der Waals surface area contributed by atoms with Crippen molar-refractivity contribution in [2.75, 3.05) is 11.1 Å². The Morgan fingerprint density at radius 1 is 1.30 bits per heavy atom. The number of rotatable bonds is 6. The lowest BCUT2D eigenvalue weighted by molar-refractivity contribution is -0.113. The Kier molecular flexibility index (Phi) is 5.11. The normalized spacial score (nSPS) is 10.5. The van der Waals surface area contributed by atoms with Crippen molar-refractivity contribution in [2.45, 2.75) is 32.0 Å². The summed E-state index contributed by atoms with van der Waals surface area (Å²) in [5, 5.41) is 14.8. The number of carbonyl (C=O) groups excluding carboxylic acids is 1. The molecular formula is C13H17N5OS. The molecule has 0 saturated carbocycles. The van der Waals surface area contributed by atoms with E-state index in [0.717, 1.165) is 12.1 Å². The van der Waals surface area contributed by atoms with Crippen LogP contribution in [0.1, 0.15) is 19.4 Å². The summed E-state index contributed by atoms with van der Waals surface area (Å²) in [6.45, 7) is 4.74. The molecule has 7 heteroatoms. The highest BCUT2D eigenvalue weighted by atomic mass is 32.2. The average molecular weight is 291 g/mol. The summed E-state index contributed by atoms with van der Waals surface area (Å²) >= 11 is 1.33. The first-order chi connectivity index (χ1) is 9.72. The van der Waals surface area contributed by atoms with Crippen LogP contribution in [0.5, 0.6) is 0 Å². The zero-order valence-electron chi connectivity index (χ0n) is 11.5. The highest BCUT2D eigenvalue weighted by Crippen LogP contribution is 2.15. The van der Waals surface area contributed by atoms with Crippen molar-refractivity contribution in [1.29, 1.82) is 0 Å². The van der Waals surface area contributed by atoms with E-state index in [1.165, 1.54) is 17.3 Å². The summed E-state index contributed by atoms with van der Waals surface area (Å²) < 4.78 is 1.66. The number of anilines is 1. The molecule has 0 aliphatic rings. The fourth-order valence-electron chi connectivity index (χ4n) is 1.65. The topological polar surface area (TPSA) is 72.7 Å². The number of benzene rings is 1. The minimum atomic E-state index is -0.0649. The second-order valence-electron chi connectivity index (χ2n) is 4.16. The summed E-state index contributed by atoms with van der Waals surface area (Å²) in [5.41, 5.74) is 2.06. The summed E-state index contributed by atoms with van der Waals surface area (Å²) in [4.78, 5) is 11.9. The molecule has 0 bridgehead atoms. The molecule has 2 aromatic rings. The third-order valence-corrected chi connectivity index (χ3v) is 3.73. The number of hydrogen-bond acceptors (Lipinski definition) is 5. The number of aryl methyl sites for hydroxylation is 2. The van der Waals surface area contributed by atoms with E-state index in [9.17, 15) is 4.79 Å². The number of nitrogens with one attached hydrogen (secondary N) is 1. The minimum Gasteiger partial charge on any atom is -0.325 e. The van der Waals surface area contributed by atoms with Gasteiger partial charge in [-0.05, 0) is 41.5 Å². The van der Waals surface area contributed by atoms with Gasteiger partial charge in [-0.2, -0.15) is 0 Å². The van der Waals surface area contributed by atoms with Crippen LogP contribution in [0.3, 0.4) is 0 Å².